The Morgan fingerprint density at radius 2 is 1.95 bits per heavy atom. The maximum absolute atomic E-state index is 10.6. The van der Waals surface area contributed by atoms with Crippen LogP contribution in [0.5, 0.6) is 0 Å². The third kappa shape index (κ3) is 7.01. The van der Waals surface area contributed by atoms with Crippen LogP contribution in [0.3, 0.4) is 0 Å². The number of nitrogen functional groups attached to an aromatic ring is 1. The van der Waals surface area contributed by atoms with Gasteiger partial charge in [-0.25, -0.2) is 4.79 Å². The summed E-state index contributed by atoms with van der Waals surface area (Å²) in [6.07, 6.45) is 0.963. The summed E-state index contributed by atoms with van der Waals surface area (Å²) in [7, 11) is 0. The molecule has 0 aliphatic heterocycles. The van der Waals surface area contributed by atoms with Crippen molar-refractivity contribution < 1.29 is 19.4 Å². The molecule has 0 radical (unpaired) electrons. The third-order valence-corrected chi connectivity index (χ3v) is 2.66. The summed E-state index contributed by atoms with van der Waals surface area (Å²) >= 11 is 11.2. The van der Waals surface area contributed by atoms with Crippen LogP contribution in [0.4, 0.5) is 5.69 Å². The summed E-state index contributed by atoms with van der Waals surface area (Å²) in [5.74, 6) is -1.77. The van der Waals surface area contributed by atoms with Crippen molar-refractivity contribution in [3.05, 3.63) is 40.1 Å². The van der Waals surface area contributed by atoms with Crippen molar-refractivity contribution in [1.29, 1.82) is 0 Å². The monoisotopic (exact) mass is 319 g/mol. The molecule has 0 aliphatic rings. The maximum Gasteiger partial charge on any atom is 0.342 e. The molecule has 0 unspecified atom stereocenters. The van der Waals surface area contributed by atoms with E-state index in [1.54, 1.807) is 25.1 Å². The molecule has 0 aliphatic carbocycles. The standard InChI is InChI=1S/C7H10O4.C6H5Cl2N/c1-3-11-4-6(5(2)8)7(9)10;7-5-2-1-4(9)3-6(5)8/h4H,3H2,1-2H3,(H,9,10);1-3H,9H2. The maximum atomic E-state index is 10.6. The smallest absolute Gasteiger partial charge is 0.342 e. The summed E-state index contributed by atoms with van der Waals surface area (Å²) in [6, 6.07) is 4.98. The van der Waals surface area contributed by atoms with Gasteiger partial charge >= 0.3 is 5.97 Å². The Balaban J connectivity index is 0.000000367. The molecule has 0 heterocycles. The Labute approximate surface area is 126 Å². The Hall–Kier alpha value is -1.72. The number of benzene rings is 1. The summed E-state index contributed by atoms with van der Waals surface area (Å²) in [4.78, 5) is 20.8. The molecule has 7 heteroatoms. The van der Waals surface area contributed by atoms with Crippen LogP contribution in [-0.4, -0.2) is 23.5 Å². The molecule has 0 amide bonds. The summed E-state index contributed by atoms with van der Waals surface area (Å²) in [6.45, 7) is 3.24. The molecule has 1 aromatic carbocycles. The lowest BCUT2D eigenvalue weighted by Gasteiger charge is -1.96. The number of carbonyl (C=O) groups is 2. The van der Waals surface area contributed by atoms with Gasteiger partial charge in [0.15, 0.2) is 5.78 Å². The fourth-order valence-corrected chi connectivity index (χ4v) is 1.27. The van der Waals surface area contributed by atoms with E-state index in [9.17, 15) is 9.59 Å². The molecule has 3 N–H and O–H groups in total. The van der Waals surface area contributed by atoms with Crippen molar-refractivity contribution in [3.63, 3.8) is 0 Å². The topological polar surface area (TPSA) is 89.6 Å². The largest absolute Gasteiger partial charge is 0.500 e. The second-order valence-corrected chi connectivity index (χ2v) is 4.34. The van der Waals surface area contributed by atoms with E-state index in [0.29, 0.717) is 22.3 Å². The van der Waals surface area contributed by atoms with Crippen LogP contribution in [-0.2, 0) is 14.3 Å². The van der Waals surface area contributed by atoms with Crippen LogP contribution in [0.1, 0.15) is 13.8 Å². The number of anilines is 1. The lowest BCUT2D eigenvalue weighted by atomic mass is 10.2. The lowest BCUT2D eigenvalue weighted by Crippen LogP contribution is -2.09. The molecule has 0 fully saturated rings. The third-order valence-electron chi connectivity index (χ3n) is 1.92. The van der Waals surface area contributed by atoms with Gasteiger partial charge in [0.1, 0.15) is 11.8 Å². The number of carboxylic acids is 1. The van der Waals surface area contributed by atoms with Crippen molar-refractivity contribution in [2.24, 2.45) is 0 Å². The number of rotatable bonds is 4. The Bertz CT molecular complexity index is 499. The van der Waals surface area contributed by atoms with E-state index >= 15 is 0 Å². The summed E-state index contributed by atoms with van der Waals surface area (Å²) < 4.78 is 4.65. The minimum atomic E-state index is -1.26. The van der Waals surface area contributed by atoms with Crippen LogP contribution >= 0.6 is 23.2 Å². The number of halogens is 2. The van der Waals surface area contributed by atoms with Crippen molar-refractivity contribution in [1.82, 2.24) is 0 Å². The zero-order valence-electron chi connectivity index (χ0n) is 11.0. The van der Waals surface area contributed by atoms with E-state index in [0.717, 1.165) is 6.26 Å². The van der Waals surface area contributed by atoms with Crippen molar-refractivity contribution in [2.75, 3.05) is 12.3 Å². The van der Waals surface area contributed by atoms with Gasteiger partial charge in [0, 0.05) is 5.69 Å². The van der Waals surface area contributed by atoms with Gasteiger partial charge in [0.2, 0.25) is 0 Å². The molecule has 20 heavy (non-hydrogen) atoms. The highest BCUT2D eigenvalue weighted by Crippen LogP contribution is 2.23. The Kier molecular flexibility index (Phi) is 8.43. The average molecular weight is 320 g/mol. The zero-order chi connectivity index (χ0) is 15.7. The van der Waals surface area contributed by atoms with Gasteiger partial charge < -0.3 is 15.6 Å². The van der Waals surface area contributed by atoms with Gasteiger partial charge in [-0.3, -0.25) is 4.79 Å². The van der Waals surface area contributed by atoms with Gasteiger partial charge in [-0.15, -0.1) is 0 Å². The van der Waals surface area contributed by atoms with Gasteiger partial charge in [0.05, 0.1) is 16.7 Å². The minimum absolute atomic E-state index is 0.327. The zero-order valence-corrected chi connectivity index (χ0v) is 12.5. The molecule has 1 aromatic rings. The molecule has 1 rings (SSSR count). The van der Waals surface area contributed by atoms with Gasteiger partial charge in [-0.1, -0.05) is 23.2 Å². The molecule has 0 aromatic heterocycles. The van der Waals surface area contributed by atoms with E-state index < -0.39 is 11.8 Å². The van der Waals surface area contributed by atoms with Gasteiger partial charge in [0.25, 0.3) is 0 Å². The number of carboxylic acid groups (broad SMARTS) is 1. The molecule has 110 valence electrons. The van der Waals surface area contributed by atoms with Gasteiger partial charge in [-0.2, -0.15) is 0 Å². The number of Topliss-reactive ketones (excluding diaryl/α,β-unsaturated/α-hetero) is 1. The predicted octanol–water partition coefficient (Wildman–Crippen LogP) is 3.16. The second kappa shape index (κ2) is 9.23. The molecule has 5 nitrogen and oxygen atoms in total. The summed E-state index contributed by atoms with van der Waals surface area (Å²) in [5.41, 5.74) is 5.69. The second-order valence-electron chi connectivity index (χ2n) is 3.52. The normalized spacial score (nSPS) is 10.3. The van der Waals surface area contributed by atoms with Crippen LogP contribution in [0.15, 0.2) is 30.0 Å². The molecule has 0 saturated heterocycles. The highest BCUT2D eigenvalue weighted by Gasteiger charge is 2.12. The fourth-order valence-electron chi connectivity index (χ4n) is 0.963. The fraction of sp³-hybridized carbons (Fsp3) is 0.231. The first-order valence-corrected chi connectivity index (χ1v) is 6.31. The lowest BCUT2D eigenvalue weighted by molar-refractivity contribution is -0.134. The van der Waals surface area contributed by atoms with E-state index in [1.165, 1.54) is 6.92 Å². The SMILES string of the molecule is CCOC=C(C(C)=O)C(=O)O.Nc1ccc(Cl)c(Cl)c1. The first kappa shape index (κ1) is 18.3. The van der Waals surface area contributed by atoms with Crippen molar-refractivity contribution >= 4 is 40.6 Å². The van der Waals surface area contributed by atoms with Crippen LogP contribution < -0.4 is 5.73 Å². The molecule has 0 bridgehead atoms. The molecule has 0 spiro atoms. The van der Waals surface area contributed by atoms with Gasteiger partial charge in [-0.05, 0) is 32.0 Å². The number of ether oxygens (including phenoxy) is 1. The number of carbonyl (C=O) groups excluding carboxylic acids is 1. The molecule has 0 atom stereocenters. The average Bonchev–Trinajstić information content (AvgIpc) is 2.35. The number of hydrogen-bond acceptors (Lipinski definition) is 4. The Morgan fingerprint density at radius 3 is 2.30 bits per heavy atom. The molecular formula is C13H15Cl2NO4. The van der Waals surface area contributed by atoms with E-state index in [4.69, 9.17) is 34.0 Å². The number of nitrogens with two attached hydrogens (primary N) is 1. The van der Waals surface area contributed by atoms with E-state index in [2.05, 4.69) is 4.74 Å². The number of aliphatic carboxylic acids is 1. The van der Waals surface area contributed by atoms with E-state index in [1.807, 2.05) is 0 Å². The van der Waals surface area contributed by atoms with Crippen LogP contribution in [0.2, 0.25) is 10.0 Å². The first-order chi connectivity index (χ1) is 9.29. The highest BCUT2D eigenvalue weighted by molar-refractivity contribution is 6.42. The Morgan fingerprint density at radius 1 is 1.35 bits per heavy atom. The first-order valence-electron chi connectivity index (χ1n) is 5.56. The van der Waals surface area contributed by atoms with Crippen LogP contribution in [0, 0.1) is 0 Å². The summed E-state index contributed by atoms with van der Waals surface area (Å²) in [5, 5.41) is 9.43. The quantitative estimate of drug-likeness (QED) is 0.292. The number of ketones is 1. The highest BCUT2D eigenvalue weighted by atomic mass is 35.5. The van der Waals surface area contributed by atoms with Crippen LogP contribution in [0.25, 0.3) is 0 Å². The number of hydrogen-bond donors (Lipinski definition) is 2. The predicted molar refractivity (Wildman–Crippen MR) is 78.9 cm³/mol. The molecular weight excluding hydrogens is 305 g/mol. The van der Waals surface area contributed by atoms with Crippen molar-refractivity contribution in [2.45, 2.75) is 13.8 Å². The molecule has 0 saturated carbocycles. The minimum Gasteiger partial charge on any atom is -0.500 e. The van der Waals surface area contributed by atoms with Crippen molar-refractivity contribution in [3.8, 4) is 0 Å². The van der Waals surface area contributed by atoms with E-state index in [-0.39, 0.29) is 5.57 Å².